The number of fused-ring (bicyclic) bond motifs is 1. The molecule has 3 nitrogen and oxygen atoms in total. The van der Waals surface area contributed by atoms with Crippen molar-refractivity contribution in [3.05, 3.63) is 71.4 Å². The van der Waals surface area contributed by atoms with E-state index in [0.29, 0.717) is 11.5 Å². The maximum Gasteiger partial charge on any atom is 0.149 e. The minimum Gasteiger partial charge on any atom is -0.262 e. The van der Waals surface area contributed by atoms with Gasteiger partial charge in [0, 0.05) is 28.8 Å². The Bertz CT molecular complexity index is 1020. The van der Waals surface area contributed by atoms with E-state index in [1.165, 1.54) is 17.3 Å². The minimum absolute atomic E-state index is 0.329. The van der Waals surface area contributed by atoms with E-state index in [4.69, 9.17) is 0 Å². The Morgan fingerprint density at radius 2 is 1.92 bits per heavy atom. The van der Waals surface area contributed by atoms with Crippen LogP contribution in [0.25, 0.3) is 28.5 Å². The van der Waals surface area contributed by atoms with Crippen LogP contribution < -0.4 is 0 Å². The first-order chi connectivity index (χ1) is 12.8. The smallest absolute Gasteiger partial charge is 0.149 e. The van der Waals surface area contributed by atoms with Crippen LogP contribution >= 0.6 is 0 Å². The van der Waals surface area contributed by atoms with E-state index in [0.717, 1.165) is 48.2 Å². The molecule has 1 saturated carbocycles. The average Bonchev–Trinajstić information content (AvgIpc) is 3.53. The predicted molar refractivity (Wildman–Crippen MR) is 100.0 cm³/mol. The van der Waals surface area contributed by atoms with Gasteiger partial charge in [-0.15, -0.1) is 5.10 Å². The highest BCUT2D eigenvalue weighted by molar-refractivity contribution is 5.81. The molecule has 2 heterocycles. The van der Waals surface area contributed by atoms with Crippen molar-refractivity contribution in [1.29, 1.82) is 0 Å². The molecule has 4 heteroatoms. The molecule has 2 aliphatic rings. The van der Waals surface area contributed by atoms with Crippen LogP contribution in [0.3, 0.4) is 0 Å². The Labute approximate surface area is 151 Å². The number of aryl methyl sites for hydroxylation is 1. The topological polar surface area (TPSA) is 38.7 Å². The van der Waals surface area contributed by atoms with Gasteiger partial charge in [-0.3, -0.25) is 4.98 Å². The fraction of sp³-hybridized carbons (Fsp3) is 0.227. The van der Waals surface area contributed by atoms with Gasteiger partial charge in [-0.25, -0.2) is 4.39 Å². The lowest BCUT2D eigenvalue weighted by atomic mass is 9.92. The summed E-state index contributed by atoms with van der Waals surface area (Å²) in [7, 11) is 0. The highest BCUT2D eigenvalue weighted by Crippen LogP contribution is 2.42. The lowest BCUT2D eigenvalue weighted by Gasteiger charge is -2.14. The van der Waals surface area contributed by atoms with E-state index in [2.05, 4.69) is 45.5 Å². The van der Waals surface area contributed by atoms with E-state index in [9.17, 15) is 4.39 Å². The molecule has 0 saturated heterocycles. The fourth-order valence-corrected chi connectivity index (χ4v) is 3.58. The second-order valence-electron chi connectivity index (χ2n) is 7.02. The van der Waals surface area contributed by atoms with Gasteiger partial charge in [0.25, 0.3) is 0 Å². The number of hydrogen-bond acceptors (Lipinski definition) is 3. The number of aromatic nitrogens is 3. The van der Waals surface area contributed by atoms with Gasteiger partial charge in [-0.2, -0.15) is 5.10 Å². The quantitative estimate of drug-likeness (QED) is 0.657. The number of rotatable bonds is 3. The van der Waals surface area contributed by atoms with Gasteiger partial charge in [0.2, 0.25) is 0 Å². The van der Waals surface area contributed by atoms with Crippen LogP contribution in [0.4, 0.5) is 4.39 Å². The highest BCUT2D eigenvalue weighted by Gasteiger charge is 2.27. The molecular formula is C22H18FN3. The van der Waals surface area contributed by atoms with E-state index in [-0.39, 0.29) is 5.82 Å². The summed E-state index contributed by atoms with van der Waals surface area (Å²) in [4.78, 5) is 3.88. The summed E-state index contributed by atoms with van der Waals surface area (Å²) in [5.74, 6) is 0.137. The molecule has 26 heavy (non-hydrogen) atoms. The number of benzene rings is 1. The summed E-state index contributed by atoms with van der Waals surface area (Å²) in [6, 6.07) is 10.1. The summed E-state index contributed by atoms with van der Waals surface area (Å²) >= 11 is 0. The Balaban J connectivity index is 1.69. The van der Waals surface area contributed by atoms with Crippen molar-refractivity contribution in [2.45, 2.75) is 31.6 Å². The number of hydrogen-bond donors (Lipinski definition) is 0. The fourth-order valence-electron chi connectivity index (χ4n) is 3.58. The number of nitrogens with zero attached hydrogens (tertiary/aromatic N) is 3. The van der Waals surface area contributed by atoms with Crippen molar-refractivity contribution in [2.24, 2.45) is 0 Å². The van der Waals surface area contributed by atoms with Crippen LogP contribution in [0.5, 0.6) is 0 Å². The summed E-state index contributed by atoms with van der Waals surface area (Å²) < 4.78 is 14.5. The summed E-state index contributed by atoms with van der Waals surface area (Å²) in [6.45, 7) is 0. The second-order valence-corrected chi connectivity index (χ2v) is 7.02. The van der Waals surface area contributed by atoms with Crippen LogP contribution in [0.1, 0.15) is 42.0 Å². The molecule has 0 radical (unpaired) electrons. The molecule has 1 aromatic carbocycles. The zero-order valence-corrected chi connectivity index (χ0v) is 14.3. The molecule has 0 aliphatic heterocycles. The van der Waals surface area contributed by atoms with Crippen LogP contribution in [0.2, 0.25) is 0 Å². The highest BCUT2D eigenvalue weighted by atomic mass is 19.1. The molecule has 2 aliphatic carbocycles. The maximum atomic E-state index is 14.5. The average molecular weight is 343 g/mol. The molecule has 0 amide bonds. The van der Waals surface area contributed by atoms with Crippen molar-refractivity contribution >= 4 is 6.08 Å². The lowest BCUT2D eigenvalue weighted by molar-refractivity contribution is 0.625. The van der Waals surface area contributed by atoms with Gasteiger partial charge in [0.05, 0.1) is 11.9 Å². The molecule has 0 spiro atoms. The summed E-state index contributed by atoms with van der Waals surface area (Å²) in [5, 5.41) is 8.96. The lowest BCUT2D eigenvalue weighted by Crippen LogP contribution is -2.00. The molecule has 0 atom stereocenters. The van der Waals surface area contributed by atoms with Crippen molar-refractivity contribution < 1.29 is 4.39 Å². The minimum atomic E-state index is -0.329. The molecule has 1 fully saturated rings. The number of halogens is 1. The third-order valence-corrected chi connectivity index (χ3v) is 5.17. The van der Waals surface area contributed by atoms with Crippen LogP contribution in [-0.2, 0) is 6.42 Å². The summed E-state index contributed by atoms with van der Waals surface area (Å²) in [5.41, 5.74) is 6.56. The Hall–Kier alpha value is -2.88. The number of pyridine rings is 1. The first-order valence-electron chi connectivity index (χ1n) is 9.07. The molecule has 128 valence electrons. The Morgan fingerprint density at radius 1 is 1.00 bits per heavy atom. The molecule has 0 N–H and O–H groups in total. The monoisotopic (exact) mass is 343 g/mol. The third-order valence-electron chi connectivity index (χ3n) is 5.17. The number of allylic oxidation sites excluding steroid dienone is 1. The van der Waals surface area contributed by atoms with Gasteiger partial charge in [-0.05, 0) is 55.0 Å². The predicted octanol–water partition coefficient (Wildman–Crippen LogP) is 5.18. The van der Waals surface area contributed by atoms with E-state index in [1.807, 2.05) is 6.07 Å². The van der Waals surface area contributed by atoms with Gasteiger partial charge in [-0.1, -0.05) is 24.3 Å². The Morgan fingerprint density at radius 3 is 2.77 bits per heavy atom. The zero-order valence-electron chi connectivity index (χ0n) is 14.3. The summed E-state index contributed by atoms with van der Waals surface area (Å²) in [6.07, 6.45) is 11.6. The standard InChI is InChI=1S/C22H18FN3/c23-20-13-24-10-9-18(20)19-12-21(15-6-7-15)25-26-22(19)17-8-5-14-3-1-2-4-16(14)11-17/h1,3,5,8-13,15H,2,4,6-7H2. The molecule has 0 bridgehead atoms. The van der Waals surface area contributed by atoms with E-state index in [1.54, 1.807) is 12.3 Å². The zero-order chi connectivity index (χ0) is 17.5. The molecule has 0 unspecified atom stereocenters. The van der Waals surface area contributed by atoms with Gasteiger partial charge >= 0.3 is 0 Å². The van der Waals surface area contributed by atoms with E-state index >= 15 is 0 Å². The third kappa shape index (κ3) is 2.71. The van der Waals surface area contributed by atoms with Gasteiger partial charge < -0.3 is 0 Å². The van der Waals surface area contributed by atoms with Gasteiger partial charge in [0.1, 0.15) is 11.5 Å². The molecule has 3 aromatic rings. The maximum absolute atomic E-state index is 14.5. The van der Waals surface area contributed by atoms with Gasteiger partial charge in [0.15, 0.2) is 0 Å². The van der Waals surface area contributed by atoms with Crippen molar-refractivity contribution in [2.75, 3.05) is 0 Å². The Kier molecular flexibility index (Phi) is 3.63. The molecule has 5 rings (SSSR count). The van der Waals surface area contributed by atoms with Crippen molar-refractivity contribution in [1.82, 2.24) is 15.2 Å². The second kappa shape index (κ2) is 6.13. The molecular weight excluding hydrogens is 325 g/mol. The largest absolute Gasteiger partial charge is 0.262 e. The first kappa shape index (κ1) is 15.4. The van der Waals surface area contributed by atoms with Crippen molar-refractivity contribution in [3.8, 4) is 22.4 Å². The normalized spacial score (nSPS) is 15.7. The van der Waals surface area contributed by atoms with E-state index < -0.39 is 0 Å². The van der Waals surface area contributed by atoms with Crippen LogP contribution in [-0.4, -0.2) is 15.2 Å². The molecule has 2 aromatic heterocycles. The first-order valence-corrected chi connectivity index (χ1v) is 9.07. The van der Waals surface area contributed by atoms with Crippen molar-refractivity contribution in [3.63, 3.8) is 0 Å². The SMILES string of the molecule is Fc1cnccc1-c1cc(C2CC2)nnc1-c1ccc2c(c1)CCC=C2. The van der Waals surface area contributed by atoms with Crippen LogP contribution in [0, 0.1) is 5.82 Å². The van der Waals surface area contributed by atoms with Crippen LogP contribution in [0.15, 0.2) is 48.8 Å².